The quantitative estimate of drug-likeness (QED) is 0.604. The molecular formula is C11H10N6S. The molecule has 0 radical (unpaired) electrons. The second-order valence-electron chi connectivity index (χ2n) is 3.65. The van der Waals surface area contributed by atoms with Crippen molar-refractivity contribution in [2.75, 3.05) is 11.5 Å². The van der Waals surface area contributed by atoms with Gasteiger partial charge >= 0.3 is 0 Å². The van der Waals surface area contributed by atoms with Crippen LogP contribution >= 0.6 is 11.8 Å². The predicted molar refractivity (Wildman–Crippen MR) is 71.1 cm³/mol. The van der Waals surface area contributed by atoms with Crippen LogP contribution in [0.5, 0.6) is 0 Å². The highest BCUT2D eigenvalue weighted by Gasteiger charge is 2.06. The van der Waals surface area contributed by atoms with Gasteiger partial charge in [0.25, 0.3) is 0 Å². The third-order valence-electron chi connectivity index (χ3n) is 2.31. The van der Waals surface area contributed by atoms with Gasteiger partial charge < -0.3 is 16.5 Å². The number of imidazole rings is 1. The van der Waals surface area contributed by atoms with Crippen molar-refractivity contribution in [3.8, 4) is 0 Å². The van der Waals surface area contributed by atoms with E-state index in [9.17, 15) is 0 Å². The largest absolute Gasteiger partial charge is 0.383 e. The molecule has 0 unspecified atom stereocenters. The number of hydrogen-bond donors (Lipinski definition) is 3. The van der Waals surface area contributed by atoms with Gasteiger partial charge in [-0.3, -0.25) is 0 Å². The van der Waals surface area contributed by atoms with Crippen molar-refractivity contribution in [1.82, 2.24) is 19.9 Å². The molecule has 0 aliphatic carbocycles. The second kappa shape index (κ2) is 4.19. The number of nitrogens with two attached hydrogens (primary N) is 2. The van der Waals surface area contributed by atoms with Gasteiger partial charge in [-0.25, -0.2) is 9.97 Å². The molecular weight excluding hydrogens is 248 g/mol. The van der Waals surface area contributed by atoms with Crippen LogP contribution in [0.1, 0.15) is 0 Å². The zero-order valence-corrected chi connectivity index (χ0v) is 10.1. The number of nitrogen functional groups attached to an aromatic ring is 2. The minimum Gasteiger partial charge on any atom is -0.383 e. The molecule has 6 nitrogen and oxygen atoms in total. The summed E-state index contributed by atoms with van der Waals surface area (Å²) in [6.45, 7) is 0. The van der Waals surface area contributed by atoms with Gasteiger partial charge in [0, 0.05) is 6.07 Å². The number of hydrogen-bond acceptors (Lipinski definition) is 6. The van der Waals surface area contributed by atoms with Crippen LogP contribution in [0, 0.1) is 0 Å². The van der Waals surface area contributed by atoms with Gasteiger partial charge in [0.05, 0.1) is 11.0 Å². The van der Waals surface area contributed by atoms with Crippen molar-refractivity contribution < 1.29 is 0 Å². The van der Waals surface area contributed by atoms with Gasteiger partial charge in [0.15, 0.2) is 5.16 Å². The van der Waals surface area contributed by atoms with Gasteiger partial charge in [-0.15, -0.1) is 0 Å². The maximum absolute atomic E-state index is 5.61. The average Bonchev–Trinajstić information content (AvgIpc) is 2.69. The summed E-state index contributed by atoms with van der Waals surface area (Å²) in [4.78, 5) is 15.5. The smallest absolute Gasteiger partial charge is 0.223 e. The Morgan fingerprint density at radius 3 is 2.67 bits per heavy atom. The summed E-state index contributed by atoms with van der Waals surface area (Å²) in [5.41, 5.74) is 13.0. The normalized spacial score (nSPS) is 10.9. The number of aromatic amines is 1. The van der Waals surface area contributed by atoms with E-state index in [0.717, 1.165) is 16.2 Å². The minimum absolute atomic E-state index is 0.161. The monoisotopic (exact) mass is 258 g/mol. The van der Waals surface area contributed by atoms with Gasteiger partial charge in [-0.2, -0.15) is 4.98 Å². The van der Waals surface area contributed by atoms with Crippen LogP contribution in [-0.2, 0) is 0 Å². The fraction of sp³-hybridized carbons (Fsp3) is 0. The molecule has 0 aliphatic rings. The Hall–Kier alpha value is -2.28. The van der Waals surface area contributed by atoms with E-state index >= 15 is 0 Å². The van der Waals surface area contributed by atoms with Crippen LogP contribution in [0.3, 0.4) is 0 Å². The first kappa shape index (κ1) is 10.8. The summed E-state index contributed by atoms with van der Waals surface area (Å²) in [6, 6.07) is 9.47. The van der Waals surface area contributed by atoms with Crippen LogP contribution in [0.25, 0.3) is 11.0 Å². The van der Waals surface area contributed by atoms with Crippen molar-refractivity contribution in [2.24, 2.45) is 0 Å². The number of rotatable bonds is 2. The molecule has 2 aromatic heterocycles. The molecule has 1 aromatic carbocycles. The van der Waals surface area contributed by atoms with E-state index in [1.807, 2.05) is 24.3 Å². The number of fused-ring (bicyclic) bond motifs is 1. The molecule has 0 aliphatic heterocycles. The highest BCUT2D eigenvalue weighted by atomic mass is 32.2. The standard InChI is InChI=1S/C11H10N6S/c12-8-5-9(17-10(13)16-8)18-11-14-6-3-1-2-4-7(6)15-11/h1-5H,(H,14,15)(H4,12,13,16,17). The number of nitrogens with zero attached hydrogens (tertiary/aromatic N) is 3. The Labute approximate surface area is 107 Å². The Balaban J connectivity index is 1.96. The van der Waals surface area contributed by atoms with Crippen LogP contribution in [-0.4, -0.2) is 19.9 Å². The average molecular weight is 258 g/mol. The van der Waals surface area contributed by atoms with Crippen molar-refractivity contribution in [2.45, 2.75) is 10.2 Å². The Bertz CT molecular complexity index is 654. The second-order valence-corrected chi connectivity index (χ2v) is 4.66. The van der Waals surface area contributed by atoms with E-state index in [-0.39, 0.29) is 5.95 Å². The SMILES string of the molecule is Nc1cc(Sc2nc3ccccc3[nH]2)nc(N)n1. The molecule has 0 fully saturated rings. The van der Waals surface area contributed by atoms with E-state index in [2.05, 4.69) is 19.9 Å². The Kier molecular flexibility index (Phi) is 2.52. The number of anilines is 2. The lowest BCUT2D eigenvalue weighted by molar-refractivity contribution is 1.04. The molecule has 2 heterocycles. The Morgan fingerprint density at radius 2 is 1.89 bits per heavy atom. The molecule has 0 atom stereocenters. The van der Waals surface area contributed by atoms with Crippen LogP contribution in [0.15, 0.2) is 40.5 Å². The minimum atomic E-state index is 0.161. The third kappa shape index (κ3) is 2.07. The summed E-state index contributed by atoms with van der Waals surface area (Å²) in [6.07, 6.45) is 0. The lowest BCUT2D eigenvalue weighted by Crippen LogP contribution is -1.99. The van der Waals surface area contributed by atoms with Crippen molar-refractivity contribution in [3.63, 3.8) is 0 Å². The summed E-state index contributed by atoms with van der Waals surface area (Å²) >= 11 is 1.36. The molecule has 0 saturated heterocycles. The number of nitrogens with one attached hydrogen (secondary N) is 1. The van der Waals surface area contributed by atoms with Crippen LogP contribution in [0.4, 0.5) is 11.8 Å². The first-order chi connectivity index (χ1) is 8.70. The van der Waals surface area contributed by atoms with Crippen molar-refractivity contribution in [3.05, 3.63) is 30.3 Å². The first-order valence-electron chi connectivity index (χ1n) is 5.23. The third-order valence-corrected chi connectivity index (χ3v) is 3.11. The molecule has 5 N–H and O–H groups in total. The predicted octanol–water partition coefficient (Wildman–Crippen LogP) is 1.67. The van der Waals surface area contributed by atoms with Gasteiger partial charge in [-0.05, 0) is 23.9 Å². The lowest BCUT2D eigenvalue weighted by atomic mass is 10.3. The van der Waals surface area contributed by atoms with Crippen LogP contribution < -0.4 is 11.5 Å². The molecule has 0 amide bonds. The molecule has 3 aromatic rings. The van der Waals surface area contributed by atoms with E-state index in [4.69, 9.17) is 11.5 Å². The Morgan fingerprint density at radius 1 is 1.06 bits per heavy atom. The van der Waals surface area contributed by atoms with Gasteiger partial charge in [-0.1, -0.05) is 12.1 Å². The molecule has 90 valence electrons. The summed E-state index contributed by atoms with van der Waals surface area (Å²) in [7, 11) is 0. The van der Waals surface area contributed by atoms with E-state index in [1.165, 1.54) is 11.8 Å². The highest BCUT2D eigenvalue weighted by molar-refractivity contribution is 7.99. The molecule has 18 heavy (non-hydrogen) atoms. The number of benzene rings is 1. The van der Waals surface area contributed by atoms with E-state index in [1.54, 1.807) is 6.07 Å². The molecule has 0 saturated carbocycles. The molecule has 3 rings (SSSR count). The lowest BCUT2D eigenvalue weighted by Gasteiger charge is -1.99. The summed E-state index contributed by atoms with van der Waals surface area (Å²) in [5, 5.41) is 1.41. The topological polar surface area (TPSA) is 106 Å². The van der Waals surface area contributed by atoms with Gasteiger partial charge in [0.2, 0.25) is 5.95 Å². The number of H-pyrrole nitrogens is 1. The van der Waals surface area contributed by atoms with Gasteiger partial charge in [0.1, 0.15) is 10.8 Å². The molecule has 0 spiro atoms. The van der Waals surface area contributed by atoms with E-state index < -0.39 is 0 Å². The number of aromatic nitrogens is 4. The van der Waals surface area contributed by atoms with Crippen LogP contribution in [0.2, 0.25) is 0 Å². The fourth-order valence-electron chi connectivity index (χ4n) is 1.59. The highest BCUT2D eigenvalue weighted by Crippen LogP contribution is 2.26. The molecule has 0 bridgehead atoms. The van der Waals surface area contributed by atoms with Crippen molar-refractivity contribution >= 4 is 34.6 Å². The first-order valence-corrected chi connectivity index (χ1v) is 6.05. The summed E-state index contributed by atoms with van der Waals surface area (Å²) < 4.78 is 0. The maximum atomic E-state index is 5.61. The summed E-state index contributed by atoms with van der Waals surface area (Å²) in [5.74, 6) is 0.509. The fourth-order valence-corrected chi connectivity index (χ4v) is 2.41. The zero-order chi connectivity index (χ0) is 12.5. The number of para-hydroxylation sites is 2. The van der Waals surface area contributed by atoms with Crippen molar-refractivity contribution in [1.29, 1.82) is 0 Å². The van der Waals surface area contributed by atoms with E-state index in [0.29, 0.717) is 10.8 Å². The maximum Gasteiger partial charge on any atom is 0.223 e. The zero-order valence-electron chi connectivity index (χ0n) is 9.29. The molecule has 7 heteroatoms.